The number of aryl methyl sites for hydroxylation is 1. The quantitative estimate of drug-likeness (QED) is 0.857. The fourth-order valence-corrected chi connectivity index (χ4v) is 5.08. The molecular formula is C17H25N3O4S. The van der Waals surface area contributed by atoms with Crippen LogP contribution in [-0.4, -0.2) is 62.5 Å². The van der Waals surface area contributed by atoms with Gasteiger partial charge in [0, 0.05) is 32.2 Å². The van der Waals surface area contributed by atoms with Gasteiger partial charge in [0.05, 0.1) is 11.5 Å². The van der Waals surface area contributed by atoms with Crippen LogP contribution in [0.1, 0.15) is 25.3 Å². The lowest BCUT2D eigenvalue weighted by Gasteiger charge is -2.36. The largest absolute Gasteiger partial charge is 0.494 e. The smallest absolute Gasteiger partial charge is 0.317 e. The maximum Gasteiger partial charge on any atom is 0.317 e. The highest BCUT2D eigenvalue weighted by Gasteiger charge is 2.36. The standard InChI is InChI=1S/C17H25N3O4S/c1-3-24-16-7-6-15(11-13(16)2)25(22,23)19-9-4-5-14(12-19)20-10-8-18-17(20)21/h6-7,11,14H,3-5,8-10,12H2,1-2H3,(H,18,21)/t14-/m0/s1. The number of amides is 2. The number of sulfonamides is 1. The van der Waals surface area contributed by atoms with Gasteiger partial charge in [0.2, 0.25) is 10.0 Å². The van der Waals surface area contributed by atoms with Crippen LogP contribution in [0.3, 0.4) is 0 Å². The first-order valence-corrected chi connectivity index (χ1v) is 10.2. The number of rotatable bonds is 5. The molecule has 0 unspecified atom stereocenters. The van der Waals surface area contributed by atoms with E-state index in [9.17, 15) is 13.2 Å². The molecule has 3 rings (SSSR count). The van der Waals surface area contributed by atoms with Gasteiger partial charge in [0.15, 0.2) is 0 Å². The lowest BCUT2D eigenvalue weighted by Crippen LogP contribution is -2.50. The molecule has 2 aliphatic heterocycles. The van der Waals surface area contributed by atoms with Gasteiger partial charge < -0.3 is 15.0 Å². The molecule has 2 amide bonds. The lowest BCUT2D eigenvalue weighted by atomic mass is 10.1. The number of nitrogens with zero attached hydrogens (tertiary/aromatic N) is 2. The van der Waals surface area contributed by atoms with Crippen LogP contribution in [0.5, 0.6) is 5.75 Å². The molecule has 2 heterocycles. The fourth-order valence-electron chi connectivity index (χ4n) is 3.48. The molecular weight excluding hydrogens is 342 g/mol. The van der Waals surface area contributed by atoms with Crippen molar-refractivity contribution in [2.75, 3.05) is 32.8 Å². The zero-order valence-electron chi connectivity index (χ0n) is 14.7. The van der Waals surface area contributed by atoms with Gasteiger partial charge >= 0.3 is 6.03 Å². The van der Waals surface area contributed by atoms with Crippen LogP contribution in [-0.2, 0) is 10.0 Å². The van der Waals surface area contributed by atoms with E-state index >= 15 is 0 Å². The van der Waals surface area contributed by atoms with Crippen molar-refractivity contribution in [3.8, 4) is 5.75 Å². The van der Waals surface area contributed by atoms with E-state index in [1.165, 1.54) is 4.31 Å². The normalized spacial score (nSPS) is 22.1. The van der Waals surface area contributed by atoms with Crippen LogP contribution in [0, 0.1) is 6.92 Å². The van der Waals surface area contributed by atoms with Crippen molar-refractivity contribution in [1.29, 1.82) is 0 Å². The van der Waals surface area contributed by atoms with Gasteiger partial charge in [-0.3, -0.25) is 0 Å². The summed E-state index contributed by atoms with van der Waals surface area (Å²) >= 11 is 0. The maximum atomic E-state index is 13.0. The second kappa shape index (κ2) is 7.21. The van der Waals surface area contributed by atoms with Crippen molar-refractivity contribution < 1.29 is 17.9 Å². The van der Waals surface area contributed by atoms with Gasteiger partial charge in [0.1, 0.15) is 5.75 Å². The summed E-state index contributed by atoms with van der Waals surface area (Å²) in [5.74, 6) is 0.701. The molecule has 138 valence electrons. The van der Waals surface area contributed by atoms with Gasteiger partial charge in [-0.25, -0.2) is 13.2 Å². The van der Waals surface area contributed by atoms with E-state index in [4.69, 9.17) is 4.74 Å². The molecule has 2 fully saturated rings. The Labute approximate surface area is 149 Å². The number of ether oxygens (including phenoxy) is 1. The molecule has 7 nitrogen and oxygen atoms in total. The summed E-state index contributed by atoms with van der Waals surface area (Å²) in [5, 5.41) is 2.78. The Bertz CT molecular complexity index is 750. The Hall–Kier alpha value is -1.80. The van der Waals surface area contributed by atoms with E-state index in [1.807, 2.05) is 13.8 Å². The molecule has 1 atom stereocenters. The summed E-state index contributed by atoms with van der Waals surface area (Å²) < 4.78 is 33.0. The number of hydrogen-bond donors (Lipinski definition) is 1. The molecule has 0 spiro atoms. The number of hydrogen-bond acceptors (Lipinski definition) is 4. The van der Waals surface area contributed by atoms with Crippen molar-refractivity contribution in [2.24, 2.45) is 0 Å². The van der Waals surface area contributed by atoms with Gasteiger partial charge in [-0.1, -0.05) is 0 Å². The molecule has 0 aliphatic carbocycles. The predicted molar refractivity (Wildman–Crippen MR) is 94.2 cm³/mol. The molecule has 0 saturated carbocycles. The summed E-state index contributed by atoms with van der Waals surface area (Å²) in [6.45, 7) is 6.38. The second-order valence-electron chi connectivity index (χ2n) is 6.44. The third-order valence-corrected chi connectivity index (χ3v) is 6.63. The zero-order chi connectivity index (χ0) is 18.0. The van der Waals surface area contributed by atoms with Crippen LogP contribution >= 0.6 is 0 Å². The molecule has 25 heavy (non-hydrogen) atoms. The molecule has 2 aliphatic rings. The first-order valence-electron chi connectivity index (χ1n) is 8.71. The minimum Gasteiger partial charge on any atom is -0.494 e. The third kappa shape index (κ3) is 3.59. The van der Waals surface area contributed by atoms with Crippen molar-refractivity contribution in [2.45, 2.75) is 37.6 Å². The number of carbonyl (C=O) groups excluding carboxylic acids is 1. The first-order chi connectivity index (χ1) is 11.9. The molecule has 0 bridgehead atoms. The highest BCUT2D eigenvalue weighted by Crippen LogP contribution is 2.27. The van der Waals surface area contributed by atoms with E-state index < -0.39 is 10.0 Å². The topological polar surface area (TPSA) is 79.0 Å². The summed E-state index contributed by atoms with van der Waals surface area (Å²) in [4.78, 5) is 13.9. The average molecular weight is 367 g/mol. The summed E-state index contributed by atoms with van der Waals surface area (Å²) in [6.07, 6.45) is 1.59. The van der Waals surface area contributed by atoms with E-state index in [2.05, 4.69) is 5.32 Å². The second-order valence-corrected chi connectivity index (χ2v) is 8.38. The van der Waals surface area contributed by atoms with Crippen LogP contribution in [0.15, 0.2) is 23.1 Å². The van der Waals surface area contributed by atoms with Gasteiger partial charge in [-0.05, 0) is 50.5 Å². The predicted octanol–water partition coefficient (Wildman–Crippen LogP) is 1.57. The van der Waals surface area contributed by atoms with E-state index in [0.717, 1.165) is 18.4 Å². The number of carbonyl (C=O) groups is 1. The Morgan fingerprint density at radius 3 is 2.76 bits per heavy atom. The molecule has 0 aromatic heterocycles. The zero-order valence-corrected chi connectivity index (χ0v) is 15.5. The van der Waals surface area contributed by atoms with Gasteiger partial charge in [0.25, 0.3) is 0 Å². The molecule has 1 aromatic rings. The molecule has 1 N–H and O–H groups in total. The number of nitrogens with one attached hydrogen (secondary N) is 1. The monoisotopic (exact) mass is 367 g/mol. The SMILES string of the molecule is CCOc1ccc(S(=O)(=O)N2CCC[C@H](N3CCNC3=O)C2)cc1C. The number of urea groups is 1. The Balaban J connectivity index is 1.79. The van der Waals surface area contributed by atoms with Crippen molar-refractivity contribution >= 4 is 16.1 Å². The fraction of sp³-hybridized carbons (Fsp3) is 0.588. The van der Waals surface area contributed by atoms with Crippen LogP contribution < -0.4 is 10.1 Å². The van der Waals surface area contributed by atoms with Crippen molar-refractivity contribution in [1.82, 2.24) is 14.5 Å². The van der Waals surface area contributed by atoms with Crippen LogP contribution in [0.2, 0.25) is 0 Å². The van der Waals surface area contributed by atoms with Crippen molar-refractivity contribution in [3.05, 3.63) is 23.8 Å². The summed E-state index contributed by atoms with van der Waals surface area (Å²) in [7, 11) is -3.58. The average Bonchev–Trinajstić information content (AvgIpc) is 3.03. The van der Waals surface area contributed by atoms with E-state index in [1.54, 1.807) is 23.1 Å². The minimum atomic E-state index is -3.58. The molecule has 8 heteroatoms. The maximum absolute atomic E-state index is 13.0. The summed E-state index contributed by atoms with van der Waals surface area (Å²) in [6, 6.07) is 4.81. The third-order valence-electron chi connectivity index (χ3n) is 4.77. The Morgan fingerprint density at radius 2 is 2.12 bits per heavy atom. The van der Waals surface area contributed by atoms with Crippen molar-refractivity contribution in [3.63, 3.8) is 0 Å². The van der Waals surface area contributed by atoms with Gasteiger partial charge in [-0.2, -0.15) is 4.31 Å². The highest BCUT2D eigenvalue weighted by molar-refractivity contribution is 7.89. The molecule has 2 saturated heterocycles. The van der Waals surface area contributed by atoms with Gasteiger partial charge in [-0.15, -0.1) is 0 Å². The van der Waals surface area contributed by atoms with E-state index in [0.29, 0.717) is 38.5 Å². The highest BCUT2D eigenvalue weighted by atomic mass is 32.2. The first kappa shape index (κ1) is 18.0. The van der Waals surface area contributed by atoms with Crippen LogP contribution in [0.4, 0.5) is 4.79 Å². The minimum absolute atomic E-state index is 0.0604. The Kier molecular flexibility index (Phi) is 5.19. The number of piperidine rings is 1. The molecule has 1 aromatic carbocycles. The van der Waals surface area contributed by atoms with E-state index in [-0.39, 0.29) is 17.0 Å². The lowest BCUT2D eigenvalue weighted by molar-refractivity contribution is 0.163. The molecule has 0 radical (unpaired) electrons. The Morgan fingerprint density at radius 1 is 1.32 bits per heavy atom. The van der Waals surface area contributed by atoms with Crippen LogP contribution in [0.25, 0.3) is 0 Å². The summed E-state index contributed by atoms with van der Waals surface area (Å²) in [5.41, 5.74) is 0.801. The number of benzene rings is 1.